The number of nitrogens with one attached hydrogen (secondary N) is 1. The van der Waals surface area contributed by atoms with Crippen LogP contribution in [0, 0.1) is 12.8 Å². The molecule has 0 aliphatic rings. The highest BCUT2D eigenvalue weighted by atomic mass is 32.1. The van der Waals surface area contributed by atoms with Crippen LogP contribution in [0.25, 0.3) is 6.08 Å². The highest BCUT2D eigenvalue weighted by molar-refractivity contribution is 7.18. The molecule has 0 radical (unpaired) electrons. The Morgan fingerprint density at radius 3 is 2.41 bits per heavy atom. The summed E-state index contributed by atoms with van der Waals surface area (Å²) in [6.07, 6.45) is 3.04. The van der Waals surface area contributed by atoms with Crippen molar-refractivity contribution in [2.45, 2.75) is 27.7 Å². The van der Waals surface area contributed by atoms with E-state index >= 15 is 0 Å². The largest absolute Gasteiger partial charge is 0.462 e. The molecular weight excluding hydrogens is 390 g/mol. The molecule has 0 saturated carbocycles. The molecule has 7 heteroatoms. The van der Waals surface area contributed by atoms with Gasteiger partial charge in [-0.25, -0.2) is 9.59 Å². The first-order valence-electron chi connectivity index (χ1n) is 9.35. The van der Waals surface area contributed by atoms with Crippen molar-refractivity contribution in [3.63, 3.8) is 0 Å². The maximum absolute atomic E-state index is 12.4. The number of rotatable bonds is 8. The number of carbonyl (C=O) groups is 3. The molecule has 1 heterocycles. The number of ether oxygens (including phenoxy) is 2. The lowest BCUT2D eigenvalue weighted by atomic mass is 10.1. The Morgan fingerprint density at radius 2 is 1.79 bits per heavy atom. The molecule has 0 aliphatic carbocycles. The van der Waals surface area contributed by atoms with Crippen LogP contribution in [0.3, 0.4) is 0 Å². The molecule has 0 saturated heterocycles. The quantitative estimate of drug-likeness (QED) is 0.499. The van der Waals surface area contributed by atoms with Gasteiger partial charge in [0.2, 0.25) is 5.91 Å². The lowest BCUT2D eigenvalue weighted by molar-refractivity contribution is -0.111. The van der Waals surface area contributed by atoms with Gasteiger partial charge >= 0.3 is 11.9 Å². The minimum Gasteiger partial charge on any atom is -0.462 e. The van der Waals surface area contributed by atoms with E-state index in [4.69, 9.17) is 9.47 Å². The Morgan fingerprint density at radius 1 is 1.10 bits per heavy atom. The first-order chi connectivity index (χ1) is 13.8. The van der Waals surface area contributed by atoms with E-state index in [1.807, 2.05) is 44.2 Å². The standard InChI is InChI=1S/C22H25NO5S/c1-5-27-21(25)18-15(4)19(22(26)28-13-14(2)3)29-20(18)23-17(24)12-11-16-9-7-6-8-10-16/h6-12,14H,5,13H2,1-4H3,(H,23,24)/b12-11+. The third-order valence-corrected chi connectivity index (χ3v) is 5.01. The maximum atomic E-state index is 12.4. The number of esters is 2. The molecule has 29 heavy (non-hydrogen) atoms. The Balaban J connectivity index is 2.27. The molecule has 2 aromatic rings. The van der Waals surface area contributed by atoms with Crippen LogP contribution >= 0.6 is 11.3 Å². The van der Waals surface area contributed by atoms with Crippen molar-refractivity contribution in [2.75, 3.05) is 18.5 Å². The molecular formula is C22H25NO5S. The van der Waals surface area contributed by atoms with E-state index in [1.165, 1.54) is 6.08 Å². The number of anilines is 1. The summed E-state index contributed by atoms with van der Waals surface area (Å²) < 4.78 is 10.4. The van der Waals surface area contributed by atoms with Gasteiger partial charge < -0.3 is 14.8 Å². The molecule has 0 bridgehead atoms. The summed E-state index contributed by atoms with van der Waals surface area (Å²) in [6.45, 7) is 7.66. The van der Waals surface area contributed by atoms with Gasteiger partial charge in [0.05, 0.1) is 18.8 Å². The van der Waals surface area contributed by atoms with E-state index in [1.54, 1.807) is 19.9 Å². The van der Waals surface area contributed by atoms with Gasteiger partial charge in [-0.05, 0) is 37.0 Å². The smallest absolute Gasteiger partial charge is 0.348 e. The van der Waals surface area contributed by atoms with Crippen molar-refractivity contribution in [3.8, 4) is 0 Å². The molecule has 0 unspecified atom stereocenters. The number of amides is 1. The van der Waals surface area contributed by atoms with Crippen LogP contribution in [0.1, 0.15) is 51.9 Å². The average Bonchev–Trinajstić information content (AvgIpc) is 3.01. The van der Waals surface area contributed by atoms with E-state index in [-0.39, 0.29) is 34.6 Å². The van der Waals surface area contributed by atoms with Crippen LogP contribution in [-0.2, 0) is 14.3 Å². The number of hydrogen-bond acceptors (Lipinski definition) is 6. The number of carbonyl (C=O) groups excluding carboxylic acids is 3. The molecule has 2 rings (SSSR count). The van der Waals surface area contributed by atoms with Gasteiger partial charge in [-0.2, -0.15) is 0 Å². The fourth-order valence-electron chi connectivity index (χ4n) is 2.44. The van der Waals surface area contributed by atoms with E-state index in [2.05, 4.69) is 5.32 Å². The Bertz CT molecular complexity index is 899. The molecule has 0 spiro atoms. The summed E-state index contributed by atoms with van der Waals surface area (Å²) in [5.41, 5.74) is 1.48. The lowest BCUT2D eigenvalue weighted by Crippen LogP contribution is -2.13. The predicted octanol–water partition coefficient (Wildman–Crippen LogP) is 4.70. The van der Waals surface area contributed by atoms with Crippen molar-refractivity contribution in [1.29, 1.82) is 0 Å². The highest BCUT2D eigenvalue weighted by Crippen LogP contribution is 2.34. The summed E-state index contributed by atoms with van der Waals surface area (Å²) in [6, 6.07) is 9.36. The first kappa shape index (κ1) is 22.4. The molecule has 0 atom stereocenters. The van der Waals surface area contributed by atoms with Crippen LogP contribution in [0.15, 0.2) is 36.4 Å². The van der Waals surface area contributed by atoms with Gasteiger partial charge in [0.1, 0.15) is 9.88 Å². The van der Waals surface area contributed by atoms with E-state index in [0.717, 1.165) is 16.9 Å². The molecule has 1 amide bonds. The fraction of sp³-hybridized carbons (Fsp3) is 0.318. The maximum Gasteiger partial charge on any atom is 0.348 e. The second-order valence-electron chi connectivity index (χ2n) is 6.71. The van der Waals surface area contributed by atoms with Crippen molar-refractivity contribution >= 4 is 40.3 Å². The van der Waals surface area contributed by atoms with E-state index in [9.17, 15) is 14.4 Å². The molecule has 1 aromatic heterocycles. The van der Waals surface area contributed by atoms with Crippen LogP contribution in [-0.4, -0.2) is 31.1 Å². The highest BCUT2D eigenvalue weighted by Gasteiger charge is 2.27. The minimum atomic E-state index is -0.591. The third-order valence-electron chi connectivity index (χ3n) is 3.82. The van der Waals surface area contributed by atoms with Crippen molar-refractivity contribution < 1.29 is 23.9 Å². The first-order valence-corrected chi connectivity index (χ1v) is 10.2. The van der Waals surface area contributed by atoms with Gasteiger partial charge in [-0.1, -0.05) is 44.2 Å². The van der Waals surface area contributed by atoms with Crippen molar-refractivity contribution in [1.82, 2.24) is 0 Å². The number of thiophene rings is 1. The Labute approximate surface area is 174 Å². The number of hydrogen-bond donors (Lipinski definition) is 1. The zero-order chi connectivity index (χ0) is 21.4. The zero-order valence-electron chi connectivity index (χ0n) is 17.0. The van der Waals surface area contributed by atoms with Gasteiger partial charge in [0, 0.05) is 6.08 Å². The topological polar surface area (TPSA) is 81.7 Å². The normalized spacial score (nSPS) is 10.9. The third kappa shape index (κ3) is 6.29. The molecule has 0 aliphatic heterocycles. The lowest BCUT2D eigenvalue weighted by Gasteiger charge is -2.06. The summed E-state index contributed by atoms with van der Waals surface area (Å²) >= 11 is 1.01. The molecule has 1 aromatic carbocycles. The summed E-state index contributed by atoms with van der Waals surface area (Å²) in [7, 11) is 0. The van der Waals surface area contributed by atoms with Gasteiger partial charge in [-0.3, -0.25) is 4.79 Å². The van der Waals surface area contributed by atoms with Crippen LogP contribution in [0.5, 0.6) is 0 Å². The van der Waals surface area contributed by atoms with Crippen LogP contribution < -0.4 is 5.32 Å². The molecule has 0 fully saturated rings. The second-order valence-corrected chi connectivity index (χ2v) is 7.73. The second kappa shape index (κ2) is 10.6. The SMILES string of the molecule is CCOC(=O)c1c(NC(=O)/C=C/c2ccccc2)sc(C(=O)OCC(C)C)c1C. The summed E-state index contributed by atoms with van der Waals surface area (Å²) in [5.74, 6) is -1.34. The van der Waals surface area contributed by atoms with E-state index in [0.29, 0.717) is 5.56 Å². The van der Waals surface area contributed by atoms with Crippen molar-refractivity contribution in [3.05, 3.63) is 58.0 Å². The van der Waals surface area contributed by atoms with Gasteiger partial charge in [0.15, 0.2) is 0 Å². The summed E-state index contributed by atoms with van der Waals surface area (Å²) in [5, 5.41) is 2.95. The Kier molecular flexibility index (Phi) is 8.15. The predicted molar refractivity (Wildman–Crippen MR) is 114 cm³/mol. The van der Waals surface area contributed by atoms with Crippen molar-refractivity contribution in [2.24, 2.45) is 5.92 Å². The zero-order valence-corrected chi connectivity index (χ0v) is 17.8. The van der Waals surface area contributed by atoms with Crippen LogP contribution in [0.2, 0.25) is 0 Å². The minimum absolute atomic E-state index is 0.176. The average molecular weight is 416 g/mol. The fourth-order valence-corrected chi connectivity index (χ4v) is 3.53. The van der Waals surface area contributed by atoms with E-state index < -0.39 is 17.8 Å². The summed E-state index contributed by atoms with van der Waals surface area (Å²) in [4.78, 5) is 37.5. The van der Waals surface area contributed by atoms with Crippen LogP contribution in [0.4, 0.5) is 5.00 Å². The van der Waals surface area contributed by atoms with Gasteiger partial charge in [-0.15, -0.1) is 11.3 Å². The Hall–Kier alpha value is -2.93. The van der Waals surface area contributed by atoms with Gasteiger partial charge in [0.25, 0.3) is 0 Å². The molecule has 1 N–H and O–H groups in total. The molecule has 154 valence electrons. The molecule has 6 nitrogen and oxygen atoms in total. The monoisotopic (exact) mass is 415 g/mol. The number of benzene rings is 1.